The Morgan fingerprint density at radius 3 is 2.57 bits per heavy atom. The molecule has 7 heteroatoms. The van der Waals surface area contributed by atoms with Gasteiger partial charge in [-0.3, -0.25) is 4.79 Å². The number of thiophene rings is 1. The standard InChI is InChI=1S/C21H17N3O3S/c25-19(13-26-17-10-8-16(9-11-17)21-24-22-14-27-21)23-20(18-7-4-12-28-18)15-5-2-1-3-6-15/h1-12,14,20H,13H2,(H,23,25). The molecular formula is C21H17N3O3S. The van der Waals surface area contributed by atoms with Crippen molar-refractivity contribution in [3.63, 3.8) is 0 Å². The molecular weight excluding hydrogens is 374 g/mol. The van der Waals surface area contributed by atoms with Crippen LogP contribution in [0.15, 0.2) is 82.9 Å². The Morgan fingerprint density at radius 1 is 1.07 bits per heavy atom. The predicted octanol–water partition coefficient (Wildman–Crippen LogP) is 4.08. The lowest BCUT2D eigenvalue weighted by Gasteiger charge is -2.18. The smallest absolute Gasteiger partial charge is 0.258 e. The first kappa shape index (κ1) is 17.9. The third-order valence-electron chi connectivity index (χ3n) is 4.10. The van der Waals surface area contributed by atoms with Crippen molar-refractivity contribution in [2.24, 2.45) is 0 Å². The van der Waals surface area contributed by atoms with Gasteiger partial charge in [-0.2, -0.15) is 0 Å². The van der Waals surface area contributed by atoms with Crippen molar-refractivity contribution < 1.29 is 13.9 Å². The van der Waals surface area contributed by atoms with Gasteiger partial charge in [0.15, 0.2) is 6.61 Å². The predicted molar refractivity (Wildman–Crippen MR) is 106 cm³/mol. The third kappa shape index (κ3) is 4.27. The maximum absolute atomic E-state index is 12.5. The lowest BCUT2D eigenvalue weighted by Crippen LogP contribution is -2.32. The molecule has 0 aliphatic heterocycles. The number of nitrogens with zero attached hydrogens (tertiary/aromatic N) is 2. The molecule has 0 aliphatic carbocycles. The van der Waals surface area contributed by atoms with Crippen LogP contribution in [0.5, 0.6) is 5.75 Å². The molecule has 2 aromatic carbocycles. The summed E-state index contributed by atoms with van der Waals surface area (Å²) in [5, 5.41) is 12.6. The highest BCUT2D eigenvalue weighted by Gasteiger charge is 2.18. The number of carbonyl (C=O) groups excluding carboxylic acids is 1. The van der Waals surface area contributed by atoms with Crippen LogP contribution in [0.2, 0.25) is 0 Å². The van der Waals surface area contributed by atoms with Crippen LogP contribution < -0.4 is 10.1 Å². The number of aromatic nitrogens is 2. The first-order valence-corrected chi connectivity index (χ1v) is 9.55. The van der Waals surface area contributed by atoms with E-state index in [0.29, 0.717) is 11.6 Å². The van der Waals surface area contributed by atoms with Crippen molar-refractivity contribution in [3.05, 3.63) is 88.9 Å². The highest BCUT2D eigenvalue weighted by Crippen LogP contribution is 2.26. The van der Waals surface area contributed by atoms with Gasteiger partial charge in [0.25, 0.3) is 5.91 Å². The number of ether oxygens (including phenoxy) is 1. The van der Waals surface area contributed by atoms with Crippen LogP contribution in [0.25, 0.3) is 11.5 Å². The van der Waals surface area contributed by atoms with Gasteiger partial charge in [-0.1, -0.05) is 36.4 Å². The topological polar surface area (TPSA) is 77.2 Å². The molecule has 140 valence electrons. The third-order valence-corrected chi connectivity index (χ3v) is 5.03. The molecule has 0 saturated carbocycles. The molecule has 0 bridgehead atoms. The second-order valence-corrected chi connectivity index (χ2v) is 6.96. The van der Waals surface area contributed by atoms with Crippen LogP contribution in [-0.2, 0) is 4.79 Å². The summed E-state index contributed by atoms with van der Waals surface area (Å²) in [5.41, 5.74) is 1.82. The summed E-state index contributed by atoms with van der Waals surface area (Å²) in [5.74, 6) is 0.833. The average molecular weight is 391 g/mol. The van der Waals surface area contributed by atoms with Crippen LogP contribution >= 0.6 is 11.3 Å². The van der Waals surface area contributed by atoms with E-state index in [4.69, 9.17) is 9.15 Å². The van der Waals surface area contributed by atoms with E-state index < -0.39 is 0 Å². The fraction of sp³-hybridized carbons (Fsp3) is 0.0952. The fourth-order valence-electron chi connectivity index (χ4n) is 2.76. The van der Waals surface area contributed by atoms with Gasteiger partial charge in [0.05, 0.1) is 6.04 Å². The van der Waals surface area contributed by atoms with Crippen LogP contribution in [0.3, 0.4) is 0 Å². The van der Waals surface area contributed by atoms with Gasteiger partial charge in [-0.15, -0.1) is 21.5 Å². The molecule has 6 nitrogen and oxygen atoms in total. The van der Waals surface area contributed by atoms with E-state index in [2.05, 4.69) is 15.5 Å². The Morgan fingerprint density at radius 2 is 1.89 bits per heavy atom. The van der Waals surface area contributed by atoms with Crippen LogP contribution in [-0.4, -0.2) is 22.7 Å². The normalized spacial score (nSPS) is 11.7. The largest absolute Gasteiger partial charge is 0.484 e. The van der Waals surface area contributed by atoms with Gasteiger partial charge >= 0.3 is 0 Å². The highest BCUT2D eigenvalue weighted by molar-refractivity contribution is 7.10. The van der Waals surface area contributed by atoms with E-state index in [0.717, 1.165) is 16.0 Å². The molecule has 0 saturated heterocycles. The Hall–Kier alpha value is -3.45. The first-order valence-electron chi connectivity index (χ1n) is 8.67. The lowest BCUT2D eigenvalue weighted by atomic mass is 10.1. The summed E-state index contributed by atoms with van der Waals surface area (Å²) < 4.78 is 10.8. The van der Waals surface area contributed by atoms with Crippen molar-refractivity contribution in [2.45, 2.75) is 6.04 Å². The zero-order chi connectivity index (χ0) is 19.2. The summed E-state index contributed by atoms with van der Waals surface area (Å²) in [6.45, 7) is -0.0748. The Labute approximate surface area is 165 Å². The van der Waals surface area contributed by atoms with Crippen molar-refractivity contribution >= 4 is 17.2 Å². The average Bonchev–Trinajstić information content (AvgIpc) is 3.46. The van der Waals surface area contributed by atoms with Crippen molar-refractivity contribution in [2.75, 3.05) is 6.61 Å². The molecule has 1 unspecified atom stereocenters. The maximum Gasteiger partial charge on any atom is 0.258 e. The van der Waals surface area contributed by atoms with E-state index in [9.17, 15) is 4.79 Å². The number of nitrogens with one attached hydrogen (secondary N) is 1. The van der Waals surface area contributed by atoms with Crippen LogP contribution in [0.4, 0.5) is 0 Å². The van der Waals surface area contributed by atoms with E-state index in [1.54, 1.807) is 35.6 Å². The van der Waals surface area contributed by atoms with Crippen LogP contribution in [0, 0.1) is 0 Å². The van der Waals surface area contributed by atoms with E-state index in [-0.39, 0.29) is 18.6 Å². The Kier molecular flexibility index (Phi) is 5.44. The number of benzene rings is 2. The molecule has 28 heavy (non-hydrogen) atoms. The van der Waals surface area contributed by atoms with Crippen molar-refractivity contribution in [1.29, 1.82) is 0 Å². The fourth-order valence-corrected chi connectivity index (χ4v) is 3.57. The van der Waals surface area contributed by atoms with Gasteiger partial charge in [0.1, 0.15) is 5.75 Å². The second kappa shape index (κ2) is 8.49. The quantitative estimate of drug-likeness (QED) is 0.514. The molecule has 4 aromatic rings. The zero-order valence-electron chi connectivity index (χ0n) is 14.8. The molecule has 0 fully saturated rings. The van der Waals surface area contributed by atoms with E-state index in [1.807, 2.05) is 47.8 Å². The van der Waals surface area contributed by atoms with Gasteiger partial charge in [-0.05, 0) is 41.3 Å². The summed E-state index contributed by atoms with van der Waals surface area (Å²) in [6.07, 6.45) is 1.28. The van der Waals surface area contributed by atoms with Gasteiger partial charge < -0.3 is 14.5 Å². The van der Waals surface area contributed by atoms with Crippen molar-refractivity contribution in [1.82, 2.24) is 15.5 Å². The molecule has 1 N–H and O–H groups in total. The minimum Gasteiger partial charge on any atom is -0.484 e. The first-order chi connectivity index (χ1) is 13.8. The second-order valence-electron chi connectivity index (χ2n) is 5.98. The number of hydrogen-bond donors (Lipinski definition) is 1. The Balaban J connectivity index is 1.39. The molecule has 2 aromatic heterocycles. The maximum atomic E-state index is 12.5. The molecule has 4 rings (SSSR count). The zero-order valence-corrected chi connectivity index (χ0v) is 15.6. The van der Waals surface area contributed by atoms with E-state index in [1.165, 1.54) is 6.39 Å². The van der Waals surface area contributed by atoms with Gasteiger partial charge in [-0.25, -0.2) is 0 Å². The summed E-state index contributed by atoms with van der Waals surface area (Å²) in [7, 11) is 0. The number of amides is 1. The lowest BCUT2D eigenvalue weighted by molar-refractivity contribution is -0.123. The monoisotopic (exact) mass is 391 g/mol. The number of carbonyl (C=O) groups is 1. The minimum atomic E-state index is -0.197. The molecule has 0 spiro atoms. The SMILES string of the molecule is O=C(COc1ccc(-c2nnco2)cc1)NC(c1ccccc1)c1cccs1. The van der Waals surface area contributed by atoms with Gasteiger partial charge in [0.2, 0.25) is 12.3 Å². The Bertz CT molecular complexity index is 1000. The summed E-state index contributed by atoms with van der Waals surface area (Å²) in [6, 6.07) is 20.8. The van der Waals surface area contributed by atoms with E-state index >= 15 is 0 Å². The highest BCUT2D eigenvalue weighted by atomic mass is 32.1. The van der Waals surface area contributed by atoms with Gasteiger partial charge in [0, 0.05) is 10.4 Å². The van der Waals surface area contributed by atoms with Crippen LogP contribution in [0.1, 0.15) is 16.5 Å². The number of hydrogen-bond acceptors (Lipinski definition) is 6. The summed E-state index contributed by atoms with van der Waals surface area (Å²) in [4.78, 5) is 13.6. The molecule has 0 aliphatic rings. The minimum absolute atomic E-state index is 0.0748. The summed E-state index contributed by atoms with van der Waals surface area (Å²) >= 11 is 1.61. The molecule has 0 radical (unpaired) electrons. The van der Waals surface area contributed by atoms with Crippen molar-refractivity contribution in [3.8, 4) is 17.2 Å². The molecule has 1 atom stereocenters. The molecule has 1 amide bonds. The number of rotatable bonds is 7. The molecule has 2 heterocycles.